The summed E-state index contributed by atoms with van der Waals surface area (Å²) in [6.45, 7) is 13.0. The van der Waals surface area contributed by atoms with Crippen LogP contribution in [0.15, 0.2) is 11.6 Å². The lowest BCUT2D eigenvalue weighted by molar-refractivity contribution is -0.338. The van der Waals surface area contributed by atoms with Gasteiger partial charge in [-0.3, -0.25) is 9.59 Å². The Hall–Kier alpha value is -1.56. The van der Waals surface area contributed by atoms with Crippen LogP contribution >= 0.6 is 0 Å². The first kappa shape index (κ1) is 44.5. The van der Waals surface area contributed by atoms with Crippen molar-refractivity contribution in [1.29, 1.82) is 0 Å². The van der Waals surface area contributed by atoms with Crippen LogP contribution in [-0.4, -0.2) is 135 Å². The molecule has 0 amide bonds. The number of Topliss-reactive ketones (excluding diaryl/α,β-unsaturated/α-hetero) is 1. The number of allylic oxidation sites excluding steroid dienone is 1. The number of carbonyl (C=O) groups is 2. The van der Waals surface area contributed by atoms with Crippen molar-refractivity contribution in [3.05, 3.63) is 11.6 Å². The molecule has 20 unspecified atom stereocenters. The number of carbonyl (C=O) groups excluding carboxylic acids is 2. The molecule has 0 aromatic heterocycles. The second kappa shape index (κ2) is 17.3. The van der Waals surface area contributed by atoms with Crippen molar-refractivity contribution >= 4 is 11.8 Å². The molecule has 20 atom stereocenters. The van der Waals surface area contributed by atoms with Crippen LogP contribution in [0, 0.1) is 28.6 Å². The smallest absolute Gasteiger partial charge is 0.302 e. The summed E-state index contributed by atoms with van der Waals surface area (Å²) in [6, 6.07) is 0. The van der Waals surface area contributed by atoms with E-state index in [0.29, 0.717) is 38.5 Å². The number of aliphatic hydroxyl groups is 2. The van der Waals surface area contributed by atoms with Gasteiger partial charge in [-0.25, -0.2) is 0 Å². The first-order valence-corrected chi connectivity index (χ1v) is 21.8. The average molecular weight is 823 g/mol. The Bertz CT molecular complexity index is 1510. The molecule has 0 aromatic rings. The molecule has 3 saturated heterocycles. The van der Waals surface area contributed by atoms with Gasteiger partial charge in [-0.2, -0.15) is 0 Å². The molecule has 0 bridgehead atoms. The Morgan fingerprint density at radius 3 is 1.84 bits per heavy atom. The van der Waals surface area contributed by atoms with Crippen LogP contribution in [0.25, 0.3) is 0 Å². The molecule has 14 heteroatoms. The molecule has 3 aliphatic heterocycles. The van der Waals surface area contributed by atoms with Gasteiger partial charge in [0.15, 0.2) is 18.9 Å². The Morgan fingerprint density at radius 2 is 1.29 bits per heavy atom. The van der Waals surface area contributed by atoms with Crippen molar-refractivity contribution in [2.75, 3.05) is 21.3 Å². The third-order valence-corrected chi connectivity index (χ3v) is 15.9. The molecule has 14 nitrogen and oxygen atoms in total. The van der Waals surface area contributed by atoms with E-state index >= 15 is 0 Å². The molecule has 0 aromatic carbocycles. The minimum Gasteiger partial charge on any atom is -0.462 e. The quantitative estimate of drug-likeness (QED) is 0.216. The summed E-state index contributed by atoms with van der Waals surface area (Å²) in [4.78, 5) is 25.3. The van der Waals surface area contributed by atoms with E-state index in [4.69, 9.17) is 47.4 Å². The lowest BCUT2D eigenvalue weighted by Gasteiger charge is -2.63. The molecule has 7 rings (SSSR count). The van der Waals surface area contributed by atoms with Gasteiger partial charge in [0, 0.05) is 58.8 Å². The zero-order chi connectivity index (χ0) is 41.9. The van der Waals surface area contributed by atoms with Crippen LogP contribution in [0.4, 0.5) is 0 Å². The summed E-state index contributed by atoms with van der Waals surface area (Å²) in [5, 5.41) is 23.0. The second-order valence-electron chi connectivity index (χ2n) is 18.9. The molecule has 0 spiro atoms. The molecule has 330 valence electrons. The summed E-state index contributed by atoms with van der Waals surface area (Å²) in [7, 11) is 4.91. The van der Waals surface area contributed by atoms with Crippen LogP contribution in [0.5, 0.6) is 0 Å². The highest BCUT2D eigenvalue weighted by molar-refractivity contribution is 5.80. The molecular formula is C44H70O14. The van der Waals surface area contributed by atoms with E-state index in [9.17, 15) is 19.8 Å². The number of ether oxygens (including phenoxy) is 10. The first-order valence-electron chi connectivity index (χ1n) is 21.8. The molecule has 58 heavy (non-hydrogen) atoms. The van der Waals surface area contributed by atoms with Crippen LogP contribution < -0.4 is 0 Å². The van der Waals surface area contributed by atoms with Gasteiger partial charge in [0.1, 0.15) is 30.2 Å². The summed E-state index contributed by atoms with van der Waals surface area (Å²) < 4.78 is 62.0. The van der Waals surface area contributed by atoms with E-state index in [1.807, 2.05) is 20.8 Å². The maximum atomic E-state index is 12.9. The minimum atomic E-state index is -1.10. The minimum absolute atomic E-state index is 0.0242. The van der Waals surface area contributed by atoms with Gasteiger partial charge in [-0.15, -0.1) is 0 Å². The van der Waals surface area contributed by atoms with Crippen molar-refractivity contribution < 1.29 is 67.2 Å². The third-order valence-electron chi connectivity index (χ3n) is 15.9. The highest BCUT2D eigenvalue weighted by Crippen LogP contribution is 2.68. The summed E-state index contributed by atoms with van der Waals surface area (Å²) in [5.41, 5.74) is -0.796. The van der Waals surface area contributed by atoms with Crippen molar-refractivity contribution in [3.8, 4) is 0 Å². The standard InChI is InChI=1S/C44H70O14/c1-22(45)29-14-16-44(48)30-12-11-27-17-28(13-15-42(27,6)31(30)18-35(43(29,44)7)55-26(5)46)56-36-20-33(50-9)40(24(3)53-36)58-38-21-34(51-10)41(25(4)54-38)57-37-19-32(49-8)39(47)23(2)52-37/h11,23-25,28-41,47-48H,12-21H2,1-10H3. The van der Waals surface area contributed by atoms with Gasteiger partial charge in [0.2, 0.25) is 0 Å². The maximum Gasteiger partial charge on any atom is 0.302 e. The number of ketones is 1. The summed E-state index contributed by atoms with van der Waals surface area (Å²) in [5.74, 6) is -0.581. The fourth-order valence-corrected chi connectivity index (χ4v) is 12.6. The van der Waals surface area contributed by atoms with Crippen molar-refractivity contribution in [2.24, 2.45) is 28.6 Å². The predicted molar refractivity (Wildman–Crippen MR) is 208 cm³/mol. The largest absolute Gasteiger partial charge is 0.462 e. The zero-order valence-corrected chi connectivity index (χ0v) is 36.3. The molecule has 6 fully saturated rings. The van der Waals surface area contributed by atoms with E-state index in [1.54, 1.807) is 35.2 Å². The van der Waals surface area contributed by atoms with Crippen LogP contribution in [0.2, 0.25) is 0 Å². The number of aliphatic hydroxyl groups excluding tert-OH is 1. The van der Waals surface area contributed by atoms with Crippen molar-refractivity contribution in [3.63, 3.8) is 0 Å². The monoisotopic (exact) mass is 822 g/mol. The van der Waals surface area contributed by atoms with E-state index < -0.39 is 66.5 Å². The van der Waals surface area contributed by atoms with Crippen LogP contribution in [-0.2, 0) is 57.0 Å². The SMILES string of the molecule is COC1CC(OC2C(C)OC(OC3C(C)OC(OC4CCC5(C)C(=CCC6C5CC(OC(C)=O)C5(C)C(C(C)=O)CCC65O)C4)CC3OC)CC2OC)OC(C)C1O. The Kier molecular flexibility index (Phi) is 13.3. The van der Waals surface area contributed by atoms with E-state index in [0.717, 1.165) is 25.7 Å². The molecule has 3 heterocycles. The van der Waals surface area contributed by atoms with Crippen LogP contribution in [0.3, 0.4) is 0 Å². The highest BCUT2D eigenvalue weighted by atomic mass is 16.7. The third kappa shape index (κ3) is 7.88. The molecule has 0 radical (unpaired) electrons. The Labute approximate surface area is 344 Å². The fraction of sp³-hybridized carbons (Fsp3) is 0.909. The Balaban J connectivity index is 0.964. The number of rotatable bonds is 11. The number of esters is 1. The van der Waals surface area contributed by atoms with Gasteiger partial charge in [0.25, 0.3) is 0 Å². The number of fused-ring (bicyclic) bond motifs is 5. The highest BCUT2D eigenvalue weighted by Gasteiger charge is 2.71. The molecule has 4 aliphatic carbocycles. The number of methoxy groups -OCH3 is 3. The topological polar surface area (TPSA) is 167 Å². The average Bonchev–Trinajstić information content (AvgIpc) is 3.47. The zero-order valence-electron chi connectivity index (χ0n) is 36.3. The molecule has 2 N–H and O–H groups in total. The number of hydrogen-bond acceptors (Lipinski definition) is 14. The van der Waals surface area contributed by atoms with Crippen LogP contribution in [0.1, 0.15) is 113 Å². The summed E-state index contributed by atoms with van der Waals surface area (Å²) in [6.07, 6.45) is 2.55. The first-order chi connectivity index (χ1) is 27.5. The van der Waals surface area contributed by atoms with Gasteiger partial charge in [-0.1, -0.05) is 25.5 Å². The van der Waals surface area contributed by atoms with E-state index in [2.05, 4.69) is 13.0 Å². The molecule has 3 saturated carbocycles. The lowest BCUT2D eigenvalue weighted by atomic mass is 9.45. The lowest BCUT2D eigenvalue weighted by Crippen LogP contribution is -2.66. The summed E-state index contributed by atoms with van der Waals surface area (Å²) >= 11 is 0. The second-order valence-corrected chi connectivity index (χ2v) is 18.9. The fourth-order valence-electron chi connectivity index (χ4n) is 12.6. The van der Waals surface area contributed by atoms with Gasteiger partial charge < -0.3 is 57.6 Å². The number of hydrogen-bond donors (Lipinski definition) is 2. The van der Waals surface area contributed by atoms with E-state index in [-0.39, 0.29) is 65.4 Å². The predicted octanol–water partition coefficient (Wildman–Crippen LogP) is 4.78. The van der Waals surface area contributed by atoms with Gasteiger partial charge in [0.05, 0.1) is 48.3 Å². The van der Waals surface area contributed by atoms with Crippen molar-refractivity contribution in [1.82, 2.24) is 0 Å². The molecule has 7 aliphatic rings. The van der Waals surface area contributed by atoms with Gasteiger partial charge in [-0.05, 0) is 89.9 Å². The molecular weight excluding hydrogens is 752 g/mol. The van der Waals surface area contributed by atoms with E-state index in [1.165, 1.54) is 12.5 Å². The Morgan fingerprint density at radius 1 is 0.741 bits per heavy atom. The van der Waals surface area contributed by atoms with Gasteiger partial charge >= 0.3 is 5.97 Å². The maximum absolute atomic E-state index is 12.9. The normalized spacial score (nSPS) is 50.6. The van der Waals surface area contributed by atoms with Crippen molar-refractivity contribution in [2.45, 2.75) is 204 Å².